The molecule has 0 atom stereocenters. The molecule has 106 valence electrons. The number of halogens is 1. The Labute approximate surface area is 127 Å². The lowest BCUT2D eigenvalue weighted by molar-refractivity contribution is 0.565. The minimum absolute atomic E-state index is 0.233. The lowest BCUT2D eigenvalue weighted by atomic mass is 10.2. The Bertz CT molecular complexity index is 573. The molecule has 8 heteroatoms. The van der Waals surface area contributed by atoms with Crippen molar-refractivity contribution in [2.45, 2.75) is 13.8 Å². The van der Waals surface area contributed by atoms with Crippen LogP contribution in [0.5, 0.6) is 0 Å². The molecule has 0 saturated heterocycles. The van der Waals surface area contributed by atoms with Gasteiger partial charge in [-0.15, -0.1) is 0 Å². The molecule has 0 aromatic heterocycles. The second-order valence-corrected chi connectivity index (χ2v) is 7.20. The van der Waals surface area contributed by atoms with Gasteiger partial charge in [0.25, 0.3) is 10.2 Å². The van der Waals surface area contributed by atoms with Crippen molar-refractivity contribution in [3.05, 3.63) is 28.2 Å². The van der Waals surface area contributed by atoms with Gasteiger partial charge in [0.2, 0.25) is 0 Å². The Hall–Kier alpha value is -0.700. The summed E-state index contributed by atoms with van der Waals surface area (Å²) in [5.41, 5.74) is 6.59. The number of anilines is 1. The summed E-state index contributed by atoms with van der Waals surface area (Å²) in [6.07, 6.45) is 0. The van der Waals surface area contributed by atoms with Crippen molar-refractivity contribution in [2.75, 3.05) is 11.3 Å². The van der Waals surface area contributed by atoms with Crippen molar-refractivity contribution in [2.24, 2.45) is 11.7 Å². The maximum Gasteiger partial charge on any atom is 0.299 e. The van der Waals surface area contributed by atoms with Crippen LogP contribution in [0.4, 0.5) is 5.69 Å². The number of hydrogen-bond acceptors (Lipinski definition) is 3. The van der Waals surface area contributed by atoms with Crippen LogP contribution in [0, 0.1) is 5.92 Å². The largest absolute Gasteiger partial charge is 0.389 e. The Balaban J connectivity index is 2.85. The molecular weight excluding hydrogens is 350 g/mol. The van der Waals surface area contributed by atoms with Gasteiger partial charge in [-0.05, 0) is 40.0 Å². The van der Waals surface area contributed by atoms with Crippen molar-refractivity contribution >= 4 is 49.0 Å². The average Bonchev–Trinajstić information content (AvgIpc) is 2.29. The average molecular weight is 366 g/mol. The Morgan fingerprint density at radius 3 is 2.58 bits per heavy atom. The van der Waals surface area contributed by atoms with E-state index in [-0.39, 0.29) is 10.9 Å². The van der Waals surface area contributed by atoms with Crippen LogP contribution >= 0.6 is 28.1 Å². The van der Waals surface area contributed by atoms with E-state index in [0.29, 0.717) is 22.3 Å². The summed E-state index contributed by atoms with van der Waals surface area (Å²) in [4.78, 5) is 0.257. The van der Waals surface area contributed by atoms with Gasteiger partial charge in [-0.25, -0.2) is 0 Å². The fraction of sp³-hybridized carbons (Fsp3) is 0.364. The minimum atomic E-state index is -3.58. The molecule has 0 fully saturated rings. The highest BCUT2D eigenvalue weighted by molar-refractivity contribution is 9.10. The van der Waals surface area contributed by atoms with Crippen molar-refractivity contribution in [3.8, 4) is 0 Å². The molecule has 0 amide bonds. The van der Waals surface area contributed by atoms with Crippen LogP contribution in [-0.2, 0) is 10.2 Å². The van der Waals surface area contributed by atoms with Crippen LogP contribution in [0.25, 0.3) is 0 Å². The minimum Gasteiger partial charge on any atom is -0.389 e. The third-order valence-corrected chi connectivity index (χ3v) is 4.11. The van der Waals surface area contributed by atoms with E-state index >= 15 is 0 Å². The summed E-state index contributed by atoms with van der Waals surface area (Å²) in [6, 6.07) is 4.93. The molecule has 0 saturated carbocycles. The molecule has 1 aromatic rings. The van der Waals surface area contributed by atoms with E-state index in [4.69, 9.17) is 18.0 Å². The Morgan fingerprint density at radius 1 is 1.47 bits per heavy atom. The molecule has 0 radical (unpaired) electrons. The number of nitrogens with two attached hydrogens (primary N) is 1. The van der Waals surface area contributed by atoms with E-state index in [0.717, 1.165) is 0 Å². The van der Waals surface area contributed by atoms with Crippen molar-refractivity contribution in [1.82, 2.24) is 4.72 Å². The quantitative estimate of drug-likeness (QED) is 0.673. The normalized spacial score (nSPS) is 11.6. The van der Waals surface area contributed by atoms with Gasteiger partial charge in [0.15, 0.2) is 0 Å². The maximum absolute atomic E-state index is 11.8. The SMILES string of the molecule is CC(C)CNS(=O)(=O)Nc1ccc(C(N)=S)cc1Br. The Morgan fingerprint density at radius 2 is 2.11 bits per heavy atom. The molecule has 1 rings (SSSR count). The summed E-state index contributed by atoms with van der Waals surface area (Å²) < 4.78 is 29.0. The van der Waals surface area contributed by atoms with Gasteiger partial charge in [-0.2, -0.15) is 13.1 Å². The molecule has 0 aliphatic carbocycles. The van der Waals surface area contributed by atoms with E-state index in [1.165, 1.54) is 0 Å². The Kier molecular flexibility index (Phi) is 5.72. The van der Waals surface area contributed by atoms with Crippen LogP contribution < -0.4 is 15.2 Å². The fourth-order valence-corrected chi connectivity index (χ4v) is 3.04. The zero-order chi connectivity index (χ0) is 14.6. The summed E-state index contributed by atoms with van der Waals surface area (Å²) >= 11 is 8.13. The van der Waals surface area contributed by atoms with Crippen LogP contribution in [0.2, 0.25) is 0 Å². The van der Waals surface area contributed by atoms with Crippen molar-refractivity contribution < 1.29 is 8.42 Å². The zero-order valence-corrected chi connectivity index (χ0v) is 13.8. The van der Waals surface area contributed by atoms with E-state index in [9.17, 15) is 8.42 Å². The van der Waals surface area contributed by atoms with Gasteiger partial charge in [0, 0.05) is 16.6 Å². The first-order valence-electron chi connectivity index (χ1n) is 5.58. The highest BCUT2D eigenvalue weighted by atomic mass is 79.9. The highest BCUT2D eigenvalue weighted by Gasteiger charge is 2.12. The predicted octanol–water partition coefficient (Wildman–Crippen LogP) is 1.99. The molecule has 0 spiro atoms. The number of rotatable bonds is 6. The molecule has 0 unspecified atom stereocenters. The van der Waals surface area contributed by atoms with Gasteiger partial charge >= 0.3 is 0 Å². The summed E-state index contributed by atoms with van der Waals surface area (Å²) in [6.45, 7) is 4.22. The number of hydrogen-bond donors (Lipinski definition) is 3. The molecule has 0 bridgehead atoms. The molecule has 1 aromatic carbocycles. The summed E-state index contributed by atoms with van der Waals surface area (Å²) in [5, 5.41) is 0. The molecule has 19 heavy (non-hydrogen) atoms. The lowest BCUT2D eigenvalue weighted by Crippen LogP contribution is -2.33. The molecule has 4 N–H and O–H groups in total. The topological polar surface area (TPSA) is 84.2 Å². The van der Waals surface area contributed by atoms with Gasteiger partial charge in [-0.3, -0.25) is 4.72 Å². The highest BCUT2D eigenvalue weighted by Crippen LogP contribution is 2.24. The first-order chi connectivity index (χ1) is 8.71. The second-order valence-electron chi connectivity index (χ2n) is 4.41. The van der Waals surface area contributed by atoms with E-state index in [2.05, 4.69) is 25.4 Å². The first kappa shape index (κ1) is 16.4. The fourth-order valence-electron chi connectivity index (χ4n) is 1.21. The van der Waals surface area contributed by atoms with Gasteiger partial charge in [0.05, 0.1) is 5.69 Å². The number of nitrogens with one attached hydrogen (secondary N) is 2. The van der Waals surface area contributed by atoms with Crippen LogP contribution in [0.3, 0.4) is 0 Å². The number of thiocarbonyl (C=S) groups is 1. The van der Waals surface area contributed by atoms with E-state index < -0.39 is 10.2 Å². The van der Waals surface area contributed by atoms with E-state index in [1.54, 1.807) is 18.2 Å². The molecule has 0 aliphatic heterocycles. The van der Waals surface area contributed by atoms with Crippen molar-refractivity contribution in [3.63, 3.8) is 0 Å². The predicted molar refractivity (Wildman–Crippen MR) is 85.4 cm³/mol. The first-order valence-corrected chi connectivity index (χ1v) is 8.26. The third kappa shape index (κ3) is 5.43. The standard InChI is InChI=1S/C11H16BrN3O2S2/c1-7(2)6-14-19(16,17)15-10-4-3-8(11(13)18)5-9(10)12/h3-5,7,14-15H,6H2,1-2H3,(H2,13,18). The van der Waals surface area contributed by atoms with Gasteiger partial charge < -0.3 is 5.73 Å². The second kappa shape index (κ2) is 6.65. The monoisotopic (exact) mass is 365 g/mol. The smallest absolute Gasteiger partial charge is 0.299 e. The maximum atomic E-state index is 11.8. The van der Waals surface area contributed by atoms with Crippen molar-refractivity contribution in [1.29, 1.82) is 0 Å². The van der Waals surface area contributed by atoms with Gasteiger partial charge in [-0.1, -0.05) is 26.1 Å². The van der Waals surface area contributed by atoms with E-state index in [1.807, 2.05) is 13.8 Å². The third-order valence-electron chi connectivity index (χ3n) is 2.18. The molecular formula is C11H16BrN3O2S2. The summed E-state index contributed by atoms with van der Waals surface area (Å²) in [7, 11) is -3.58. The lowest BCUT2D eigenvalue weighted by Gasteiger charge is -2.12. The molecule has 5 nitrogen and oxygen atoms in total. The molecule has 0 aliphatic rings. The van der Waals surface area contributed by atoms with Crippen LogP contribution in [0.1, 0.15) is 19.4 Å². The van der Waals surface area contributed by atoms with Crippen LogP contribution in [-0.4, -0.2) is 20.0 Å². The van der Waals surface area contributed by atoms with Crippen LogP contribution in [0.15, 0.2) is 22.7 Å². The van der Waals surface area contributed by atoms with Gasteiger partial charge in [0.1, 0.15) is 4.99 Å². The number of benzene rings is 1. The summed E-state index contributed by atoms with van der Waals surface area (Å²) in [5.74, 6) is 0.233. The zero-order valence-electron chi connectivity index (χ0n) is 10.6. The molecule has 0 heterocycles.